The van der Waals surface area contributed by atoms with Gasteiger partial charge in [-0.15, -0.1) is 0 Å². The number of likely N-dealkylation sites (tertiary alicyclic amines) is 1. The Hall–Kier alpha value is -4.24. The molecule has 0 saturated carbocycles. The predicted molar refractivity (Wildman–Crippen MR) is 251 cm³/mol. The molecule has 2 aliphatic rings. The monoisotopic (exact) mass is 934 g/mol. The Morgan fingerprint density at radius 1 is 0.781 bits per heavy atom. The summed E-state index contributed by atoms with van der Waals surface area (Å²) in [6.07, 6.45) is 4.94. The highest BCUT2D eigenvalue weighted by molar-refractivity contribution is 6.34. The van der Waals surface area contributed by atoms with E-state index in [1.165, 1.54) is 67.8 Å². The number of rotatable bonds is 17. The molecule has 0 bridgehead atoms. The van der Waals surface area contributed by atoms with E-state index in [1.54, 1.807) is 46.4 Å². The van der Waals surface area contributed by atoms with Gasteiger partial charge in [0.05, 0.1) is 28.3 Å². The molecule has 3 amide bonds. The molecule has 5 rings (SSSR count). The number of amides is 3. The largest absolute Gasteiger partial charge is 0.497 e. The number of carbonyl (C=O) groups is 3. The van der Waals surface area contributed by atoms with Crippen LogP contribution in [0.15, 0.2) is 60.7 Å². The molecule has 3 aromatic carbocycles. The Labute approximate surface area is 387 Å². The number of carbonyl (C=O) groups excluding carboxylic acids is 3. The van der Waals surface area contributed by atoms with E-state index in [0.717, 1.165) is 60.0 Å². The normalized spacial score (nSPS) is 16.7. The van der Waals surface area contributed by atoms with Gasteiger partial charge in [0.25, 0.3) is 23.3 Å². The summed E-state index contributed by atoms with van der Waals surface area (Å²) in [5.74, 6) is -0.305. The van der Waals surface area contributed by atoms with Crippen LogP contribution in [0.3, 0.4) is 0 Å². The smallest absolute Gasteiger partial charge is 0.430 e. The third-order valence-corrected chi connectivity index (χ3v) is 12.7. The van der Waals surface area contributed by atoms with Crippen LogP contribution in [0.25, 0.3) is 0 Å². The molecule has 4 N–H and O–H groups in total. The average Bonchev–Trinajstić information content (AvgIpc) is 3.26. The zero-order valence-corrected chi connectivity index (χ0v) is 39.8. The highest BCUT2D eigenvalue weighted by Crippen LogP contribution is 2.42. The number of piperidine rings is 2. The van der Waals surface area contributed by atoms with E-state index in [1.807, 2.05) is 25.1 Å². The molecular formula is C48H67Cl2F3N6O5. The van der Waals surface area contributed by atoms with E-state index in [4.69, 9.17) is 27.9 Å². The van der Waals surface area contributed by atoms with Crippen molar-refractivity contribution in [3.63, 3.8) is 0 Å². The van der Waals surface area contributed by atoms with Gasteiger partial charge in [-0.1, -0.05) is 61.0 Å². The van der Waals surface area contributed by atoms with Crippen molar-refractivity contribution < 1.29 is 37.4 Å². The first-order valence-electron chi connectivity index (χ1n) is 22.2. The average molecular weight is 936 g/mol. The van der Waals surface area contributed by atoms with Crippen molar-refractivity contribution in [3.05, 3.63) is 87.4 Å². The Kier molecular flexibility index (Phi) is 19.9. The number of anilines is 2. The zero-order valence-electron chi connectivity index (χ0n) is 38.3. The van der Waals surface area contributed by atoms with Crippen molar-refractivity contribution in [2.45, 2.75) is 102 Å². The van der Waals surface area contributed by atoms with Gasteiger partial charge in [-0.3, -0.25) is 14.4 Å². The molecule has 0 aliphatic carbocycles. The Balaban J connectivity index is 0.000000318. The molecule has 0 unspecified atom stereocenters. The van der Waals surface area contributed by atoms with Crippen LogP contribution in [-0.2, 0) is 10.4 Å². The lowest BCUT2D eigenvalue weighted by atomic mass is 9.87. The SMILES string of the molecule is COc1cccc([C@@](O)(C(=O)N2CCC(CCC[C@H](C)Nc3ccc(C(=O)N(C)C)c(Cl)c3)CC2)C(F)(F)F)c1.C[C@@H](CCCC1CCNCC1)Nc1ccc(C(=O)N(C)C)c(Cl)c1. The molecule has 0 aromatic heterocycles. The molecule has 3 aromatic rings. The fourth-order valence-electron chi connectivity index (χ4n) is 8.26. The van der Waals surface area contributed by atoms with Crippen molar-refractivity contribution in [2.24, 2.45) is 11.8 Å². The van der Waals surface area contributed by atoms with Crippen LogP contribution in [0.1, 0.15) is 104 Å². The lowest BCUT2D eigenvalue weighted by Gasteiger charge is -2.38. The maximum atomic E-state index is 14.0. The number of hydrogen-bond acceptors (Lipinski definition) is 8. The second kappa shape index (κ2) is 24.3. The number of nitrogens with zero attached hydrogens (tertiary/aromatic N) is 3. The van der Waals surface area contributed by atoms with Gasteiger partial charge in [0.2, 0.25) is 0 Å². The first kappa shape index (κ1) is 52.4. The summed E-state index contributed by atoms with van der Waals surface area (Å²) in [5, 5.41) is 21.9. The van der Waals surface area contributed by atoms with E-state index in [-0.39, 0.29) is 42.6 Å². The van der Waals surface area contributed by atoms with Gasteiger partial charge < -0.3 is 40.5 Å². The summed E-state index contributed by atoms with van der Waals surface area (Å²) < 4.78 is 47.1. The second-order valence-electron chi connectivity index (χ2n) is 17.6. The van der Waals surface area contributed by atoms with E-state index in [0.29, 0.717) is 40.1 Å². The minimum atomic E-state index is -5.19. The van der Waals surface area contributed by atoms with Crippen molar-refractivity contribution in [1.82, 2.24) is 20.0 Å². The van der Waals surface area contributed by atoms with Crippen molar-refractivity contribution in [2.75, 3.05) is 72.1 Å². The fourth-order valence-corrected chi connectivity index (χ4v) is 8.78. The van der Waals surface area contributed by atoms with Crippen molar-refractivity contribution in [3.8, 4) is 5.75 Å². The molecule has 354 valence electrons. The van der Waals surface area contributed by atoms with Crippen LogP contribution in [-0.4, -0.2) is 117 Å². The third-order valence-electron chi connectivity index (χ3n) is 12.1. The number of aliphatic hydroxyl groups is 1. The number of methoxy groups -OCH3 is 1. The van der Waals surface area contributed by atoms with Crippen LogP contribution in [0, 0.1) is 11.8 Å². The quantitative estimate of drug-likeness (QED) is 0.106. The molecule has 0 spiro atoms. The Bertz CT molecular complexity index is 1990. The summed E-state index contributed by atoms with van der Waals surface area (Å²) in [4.78, 5) is 41.3. The molecule has 2 heterocycles. The second-order valence-corrected chi connectivity index (χ2v) is 18.4. The molecule has 0 radical (unpaired) electrons. The van der Waals surface area contributed by atoms with Crippen LogP contribution >= 0.6 is 23.2 Å². The molecule has 3 atom stereocenters. The predicted octanol–water partition coefficient (Wildman–Crippen LogP) is 9.72. The minimum absolute atomic E-state index is 0.0680. The highest BCUT2D eigenvalue weighted by Gasteiger charge is 2.62. The van der Waals surface area contributed by atoms with Gasteiger partial charge in [-0.25, -0.2) is 0 Å². The first-order valence-corrected chi connectivity index (χ1v) is 23.0. The summed E-state index contributed by atoms with van der Waals surface area (Å²) in [6.45, 7) is 6.90. The van der Waals surface area contributed by atoms with Gasteiger partial charge in [-0.05, 0) is 126 Å². The van der Waals surface area contributed by atoms with Gasteiger partial charge >= 0.3 is 6.18 Å². The number of hydrogen-bond donors (Lipinski definition) is 4. The molecule has 2 aliphatic heterocycles. The van der Waals surface area contributed by atoms with Gasteiger partial charge in [0, 0.05) is 70.3 Å². The summed E-state index contributed by atoms with van der Waals surface area (Å²) >= 11 is 12.6. The third kappa shape index (κ3) is 14.6. The molecule has 2 fully saturated rings. The molecule has 2 saturated heterocycles. The van der Waals surface area contributed by atoms with Crippen LogP contribution in [0.4, 0.5) is 24.5 Å². The number of nitrogens with one attached hydrogen (secondary N) is 3. The van der Waals surface area contributed by atoms with Gasteiger partial charge in [0.1, 0.15) is 5.75 Å². The molecule has 64 heavy (non-hydrogen) atoms. The van der Waals surface area contributed by atoms with Gasteiger partial charge in [-0.2, -0.15) is 13.2 Å². The molecule has 16 heteroatoms. The first-order chi connectivity index (χ1) is 30.2. The topological polar surface area (TPSA) is 126 Å². The summed E-state index contributed by atoms with van der Waals surface area (Å²) in [7, 11) is 8.10. The van der Waals surface area contributed by atoms with Crippen molar-refractivity contribution >= 4 is 52.3 Å². The highest BCUT2D eigenvalue weighted by atomic mass is 35.5. The fraction of sp³-hybridized carbons (Fsp3) is 0.562. The van der Waals surface area contributed by atoms with Crippen LogP contribution in [0.2, 0.25) is 10.0 Å². The Morgan fingerprint density at radius 3 is 1.67 bits per heavy atom. The lowest BCUT2D eigenvalue weighted by molar-refractivity contribution is -0.262. The molecule has 11 nitrogen and oxygen atoms in total. The number of ether oxygens (including phenoxy) is 1. The maximum absolute atomic E-state index is 14.0. The number of alkyl halides is 3. The Morgan fingerprint density at radius 2 is 1.25 bits per heavy atom. The maximum Gasteiger partial charge on any atom is 0.430 e. The van der Waals surface area contributed by atoms with E-state index in [2.05, 4.69) is 22.9 Å². The van der Waals surface area contributed by atoms with E-state index < -0.39 is 23.2 Å². The van der Waals surface area contributed by atoms with Gasteiger partial charge in [0.15, 0.2) is 0 Å². The number of halogens is 5. The molecular weight excluding hydrogens is 868 g/mol. The van der Waals surface area contributed by atoms with Crippen LogP contribution < -0.4 is 20.7 Å². The zero-order chi connectivity index (χ0) is 47.2. The number of benzene rings is 3. The lowest BCUT2D eigenvalue weighted by Crippen LogP contribution is -2.57. The van der Waals surface area contributed by atoms with E-state index >= 15 is 0 Å². The van der Waals surface area contributed by atoms with Crippen molar-refractivity contribution in [1.29, 1.82) is 0 Å². The summed E-state index contributed by atoms with van der Waals surface area (Å²) in [6, 6.07) is 16.3. The minimum Gasteiger partial charge on any atom is -0.497 e. The summed E-state index contributed by atoms with van der Waals surface area (Å²) in [5.41, 5.74) is -1.43. The van der Waals surface area contributed by atoms with Crippen LogP contribution in [0.5, 0.6) is 5.75 Å². The standard InChI is InChI=1S/C29H37ClF3N3O4.C19H30ClN3O/c1-19(34-22-11-12-24(25(30)18-22)26(37)35(2)3)7-5-8-20-13-15-36(16-14-20)27(38)28(39,29(31,32)33)21-9-6-10-23(17-21)40-4;1-14(5-4-6-15-9-11-21-12-10-15)22-16-7-8-17(18(20)13-16)19(24)23(2)3/h6,9-12,17-20,34,39H,5,7-8,13-16H2,1-4H3;7-8,13-15,21-22H,4-6,9-12H2,1-3H3/t19-,28+;14-/m00/s1. The van der Waals surface area contributed by atoms with E-state index in [9.17, 15) is 32.7 Å².